The van der Waals surface area contributed by atoms with Gasteiger partial charge < -0.3 is 14.6 Å². The number of benzene rings is 1. The maximum Gasteiger partial charge on any atom is 0.183 e. The highest BCUT2D eigenvalue weighted by Gasteiger charge is 2.13. The molecule has 82 valence electrons. The molecule has 15 heavy (non-hydrogen) atoms. The molecular formula is C11H14O4. The number of carbonyl (C=O) groups is 1. The Bertz CT molecular complexity index is 356. The quantitative estimate of drug-likeness (QED) is 0.609. The van der Waals surface area contributed by atoms with Crippen molar-refractivity contribution in [3.8, 4) is 5.75 Å². The molecule has 4 nitrogen and oxygen atoms in total. The number of phenols is 1. The molecule has 4 heteroatoms. The van der Waals surface area contributed by atoms with Gasteiger partial charge in [-0.1, -0.05) is 6.07 Å². The van der Waals surface area contributed by atoms with Crippen LogP contribution in [0.25, 0.3) is 0 Å². The van der Waals surface area contributed by atoms with Gasteiger partial charge in [0.2, 0.25) is 0 Å². The third-order valence-electron chi connectivity index (χ3n) is 2.10. The van der Waals surface area contributed by atoms with Crippen LogP contribution in [0.1, 0.15) is 29.1 Å². The first-order valence-electron chi connectivity index (χ1n) is 4.49. The van der Waals surface area contributed by atoms with Crippen molar-refractivity contribution in [1.29, 1.82) is 0 Å². The molecule has 1 aromatic carbocycles. The zero-order valence-corrected chi connectivity index (χ0v) is 8.98. The van der Waals surface area contributed by atoms with Crippen LogP contribution in [0.3, 0.4) is 0 Å². The fourth-order valence-corrected chi connectivity index (χ4v) is 1.36. The number of Topliss-reactive ketones (excluding diaryl/α,β-unsaturated/α-hetero) is 1. The van der Waals surface area contributed by atoms with Crippen LogP contribution in [0.5, 0.6) is 5.75 Å². The van der Waals surface area contributed by atoms with E-state index < -0.39 is 6.29 Å². The zero-order chi connectivity index (χ0) is 11.4. The lowest BCUT2D eigenvalue weighted by Crippen LogP contribution is -2.04. The van der Waals surface area contributed by atoms with Gasteiger partial charge in [0, 0.05) is 19.8 Å². The van der Waals surface area contributed by atoms with E-state index in [9.17, 15) is 9.90 Å². The third kappa shape index (κ3) is 2.55. The molecule has 0 spiro atoms. The van der Waals surface area contributed by atoms with Gasteiger partial charge in [-0.25, -0.2) is 0 Å². The van der Waals surface area contributed by atoms with Crippen molar-refractivity contribution in [3.63, 3.8) is 0 Å². The van der Waals surface area contributed by atoms with Crippen LogP contribution < -0.4 is 0 Å². The van der Waals surface area contributed by atoms with E-state index in [0.717, 1.165) is 0 Å². The van der Waals surface area contributed by atoms with Crippen LogP contribution in [0.4, 0.5) is 0 Å². The molecule has 1 aromatic rings. The van der Waals surface area contributed by atoms with E-state index in [2.05, 4.69) is 0 Å². The van der Waals surface area contributed by atoms with Crippen molar-refractivity contribution in [2.75, 3.05) is 14.2 Å². The number of hydrogen-bond donors (Lipinski definition) is 1. The number of rotatable bonds is 4. The number of hydrogen-bond acceptors (Lipinski definition) is 4. The highest BCUT2D eigenvalue weighted by Crippen LogP contribution is 2.25. The maximum absolute atomic E-state index is 11.1. The summed E-state index contributed by atoms with van der Waals surface area (Å²) < 4.78 is 10.0. The second-order valence-electron chi connectivity index (χ2n) is 3.14. The summed E-state index contributed by atoms with van der Waals surface area (Å²) in [5, 5.41) is 9.57. The number of carbonyl (C=O) groups excluding carboxylic acids is 1. The van der Waals surface area contributed by atoms with E-state index in [-0.39, 0.29) is 11.5 Å². The fraction of sp³-hybridized carbons (Fsp3) is 0.364. The first kappa shape index (κ1) is 11.7. The van der Waals surface area contributed by atoms with Crippen molar-refractivity contribution >= 4 is 5.78 Å². The lowest BCUT2D eigenvalue weighted by molar-refractivity contribution is -0.106. The Morgan fingerprint density at radius 3 is 2.33 bits per heavy atom. The third-order valence-corrected chi connectivity index (χ3v) is 2.10. The van der Waals surface area contributed by atoms with Gasteiger partial charge in [0.05, 0.1) is 5.56 Å². The molecule has 0 saturated heterocycles. The summed E-state index contributed by atoms with van der Waals surface area (Å²) >= 11 is 0. The molecular weight excluding hydrogens is 196 g/mol. The lowest BCUT2D eigenvalue weighted by atomic mass is 10.1. The van der Waals surface area contributed by atoms with Gasteiger partial charge in [-0.3, -0.25) is 4.79 Å². The number of phenolic OH excluding ortho intramolecular Hbond substituents is 1. The van der Waals surface area contributed by atoms with Crippen LogP contribution >= 0.6 is 0 Å². The van der Waals surface area contributed by atoms with Gasteiger partial charge in [-0.15, -0.1) is 0 Å². The molecule has 0 bridgehead atoms. The maximum atomic E-state index is 11.1. The van der Waals surface area contributed by atoms with Gasteiger partial charge in [0.15, 0.2) is 12.1 Å². The predicted molar refractivity (Wildman–Crippen MR) is 54.9 cm³/mol. The number of ketones is 1. The average Bonchev–Trinajstić information content (AvgIpc) is 2.19. The topological polar surface area (TPSA) is 55.8 Å². The van der Waals surface area contributed by atoms with Crippen molar-refractivity contribution < 1.29 is 19.4 Å². The Kier molecular flexibility index (Phi) is 3.82. The van der Waals surface area contributed by atoms with Gasteiger partial charge >= 0.3 is 0 Å². The summed E-state index contributed by atoms with van der Waals surface area (Å²) in [4.78, 5) is 11.1. The molecule has 0 aromatic heterocycles. The second-order valence-corrected chi connectivity index (χ2v) is 3.14. The Morgan fingerprint density at radius 1 is 1.33 bits per heavy atom. The van der Waals surface area contributed by atoms with Gasteiger partial charge in [-0.2, -0.15) is 0 Å². The van der Waals surface area contributed by atoms with Crippen LogP contribution in [-0.4, -0.2) is 25.1 Å². The first-order valence-corrected chi connectivity index (χ1v) is 4.49. The Labute approximate surface area is 88.4 Å². The first-order chi connectivity index (χ1) is 7.10. The van der Waals surface area contributed by atoms with Crippen LogP contribution in [0.15, 0.2) is 18.2 Å². The summed E-state index contributed by atoms with van der Waals surface area (Å²) in [7, 11) is 3.01. The average molecular weight is 210 g/mol. The number of ether oxygens (including phenoxy) is 2. The lowest BCUT2D eigenvalue weighted by Gasteiger charge is -2.14. The zero-order valence-electron chi connectivity index (χ0n) is 8.98. The monoisotopic (exact) mass is 210 g/mol. The molecule has 0 heterocycles. The van der Waals surface area contributed by atoms with Crippen LogP contribution in [0, 0.1) is 0 Å². The van der Waals surface area contributed by atoms with Gasteiger partial charge in [0.25, 0.3) is 0 Å². The largest absolute Gasteiger partial charge is 0.507 e. The van der Waals surface area contributed by atoms with E-state index in [1.807, 2.05) is 0 Å². The Morgan fingerprint density at radius 2 is 1.93 bits per heavy atom. The van der Waals surface area contributed by atoms with E-state index in [0.29, 0.717) is 11.1 Å². The Hall–Kier alpha value is -1.39. The minimum Gasteiger partial charge on any atom is -0.507 e. The summed E-state index contributed by atoms with van der Waals surface area (Å²) in [5.74, 6) is -0.232. The van der Waals surface area contributed by atoms with E-state index in [1.54, 1.807) is 12.1 Å². The molecule has 0 amide bonds. The highest BCUT2D eigenvalue weighted by atomic mass is 16.7. The highest BCUT2D eigenvalue weighted by molar-refractivity contribution is 5.96. The molecule has 0 saturated carbocycles. The van der Waals surface area contributed by atoms with Gasteiger partial charge in [0.1, 0.15) is 5.75 Å². The molecule has 0 aliphatic heterocycles. The molecule has 0 unspecified atom stereocenters. The van der Waals surface area contributed by atoms with E-state index >= 15 is 0 Å². The van der Waals surface area contributed by atoms with Crippen molar-refractivity contribution in [2.45, 2.75) is 13.2 Å². The van der Waals surface area contributed by atoms with Crippen LogP contribution in [0.2, 0.25) is 0 Å². The minimum absolute atomic E-state index is 0.0564. The molecule has 0 radical (unpaired) electrons. The summed E-state index contributed by atoms with van der Waals surface area (Å²) in [6.07, 6.45) is -0.531. The van der Waals surface area contributed by atoms with E-state index in [1.165, 1.54) is 27.2 Å². The fourth-order valence-electron chi connectivity index (χ4n) is 1.36. The van der Waals surface area contributed by atoms with Crippen LogP contribution in [-0.2, 0) is 9.47 Å². The van der Waals surface area contributed by atoms with Gasteiger partial charge in [-0.05, 0) is 19.1 Å². The number of aromatic hydroxyl groups is 1. The van der Waals surface area contributed by atoms with Crippen molar-refractivity contribution in [1.82, 2.24) is 0 Å². The standard InChI is InChI=1S/C11H14O4/c1-7(12)9-5-4-8(6-10(9)13)11(14-2)15-3/h4-6,11,13H,1-3H3. The van der Waals surface area contributed by atoms with Crippen molar-refractivity contribution in [2.24, 2.45) is 0 Å². The molecule has 1 N–H and O–H groups in total. The normalized spacial score (nSPS) is 10.7. The molecule has 0 aliphatic rings. The number of methoxy groups -OCH3 is 2. The molecule has 0 aliphatic carbocycles. The minimum atomic E-state index is -0.531. The molecule has 1 rings (SSSR count). The Balaban J connectivity index is 3.05. The summed E-state index contributed by atoms with van der Waals surface area (Å²) in [6, 6.07) is 4.71. The summed E-state index contributed by atoms with van der Waals surface area (Å²) in [5.41, 5.74) is 0.965. The molecule has 0 atom stereocenters. The summed E-state index contributed by atoms with van der Waals surface area (Å²) in [6.45, 7) is 1.40. The smallest absolute Gasteiger partial charge is 0.183 e. The van der Waals surface area contributed by atoms with E-state index in [4.69, 9.17) is 9.47 Å². The molecule has 0 fully saturated rings. The SMILES string of the molecule is COC(OC)c1ccc(C(C)=O)c(O)c1. The second kappa shape index (κ2) is 4.91. The van der Waals surface area contributed by atoms with Crippen molar-refractivity contribution in [3.05, 3.63) is 29.3 Å². The predicted octanol–water partition coefficient (Wildman–Crippen LogP) is 1.89.